The second kappa shape index (κ2) is 11.0. The summed E-state index contributed by atoms with van der Waals surface area (Å²) in [6.07, 6.45) is 3.67. The lowest BCUT2D eigenvalue weighted by Crippen LogP contribution is -1.98. The van der Waals surface area contributed by atoms with Crippen LogP contribution in [0.5, 0.6) is 0 Å². The van der Waals surface area contributed by atoms with Crippen molar-refractivity contribution in [3.8, 4) is 39.1 Å². The second-order valence-electron chi connectivity index (χ2n) is 12.6. The molecule has 10 aromatic rings. The smallest absolute Gasteiger partial charge is 0.121 e. The average molecular weight is 625 g/mol. The lowest BCUT2D eigenvalue weighted by Gasteiger charge is -2.11. The van der Waals surface area contributed by atoms with Crippen LogP contribution in [0.2, 0.25) is 0 Å². The van der Waals surface area contributed by atoms with Gasteiger partial charge < -0.3 is 0 Å². The Kier molecular flexibility index (Phi) is 6.15. The molecule has 0 saturated heterocycles. The van der Waals surface area contributed by atoms with Gasteiger partial charge in [-0.3, -0.25) is 4.98 Å². The lowest BCUT2D eigenvalue weighted by atomic mass is 9.93. The molecule has 0 amide bonds. The third kappa shape index (κ3) is 4.65. The number of fused-ring (bicyclic) bond motifs is 7. The van der Waals surface area contributed by atoms with Gasteiger partial charge in [0.1, 0.15) is 11.0 Å². The number of pyridine rings is 1. The highest BCUT2D eigenvalue weighted by Gasteiger charge is 2.16. The number of hydrogen-bond acceptors (Lipinski definition) is 3. The highest BCUT2D eigenvalue weighted by atomic mass is 15.5. The first kappa shape index (κ1) is 27.5. The molecule has 0 aliphatic carbocycles. The van der Waals surface area contributed by atoms with Crippen LogP contribution in [-0.2, 0) is 0 Å². The zero-order valence-corrected chi connectivity index (χ0v) is 26.5. The molecule has 0 aliphatic rings. The van der Waals surface area contributed by atoms with Crippen LogP contribution in [0.3, 0.4) is 0 Å². The van der Waals surface area contributed by atoms with Gasteiger partial charge in [0.15, 0.2) is 0 Å². The molecule has 2 aromatic heterocycles. The van der Waals surface area contributed by atoms with Crippen LogP contribution in [0.1, 0.15) is 0 Å². The van der Waals surface area contributed by atoms with Gasteiger partial charge in [-0.2, -0.15) is 4.80 Å². The van der Waals surface area contributed by atoms with Crippen LogP contribution in [0.25, 0.3) is 93.2 Å². The van der Waals surface area contributed by atoms with Gasteiger partial charge in [0, 0.05) is 18.0 Å². The highest BCUT2D eigenvalue weighted by molar-refractivity contribution is 6.10. The summed E-state index contributed by atoms with van der Waals surface area (Å²) in [7, 11) is 0. The fraction of sp³-hybridized carbons (Fsp3) is 0. The summed E-state index contributed by atoms with van der Waals surface area (Å²) in [4.78, 5) is 6.03. The Hall–Kier alpha value is -6.65. The predicted molar refractivity (Wildman–Crippen MR) is 203 cm³/mol. The van der Waals surface area contributed by atoms with E-state index in [1.165, 1.54) is 43.1 Å². The molecular formula is C45H28N4. The van der Waals surface area contributed by atoms with E-state index in [2.05, 4.69) is 157 Å². The van der Waals surface area contributed by atoms with E-state index in [1.54, 1.807) is 11.0 Å². The maximum absolute atomic E-state index is 5.10. The van der Waals surface area contributed by atoms with Gasteiger partial charge in [0.25, 0.3) is 0 Å². The zero-order chi connectivity index (χ0) is 32.3. The molecule has 10 rings (SSSR count). The van der Waals surface area contributed by atoms with Crippen molar-refractivity contribution in [1.29, 1.82) is 0 Å². The SMILES string of the molecule is c1cncc(-c2ccc(-n3nc4cc(-c5ccc6c(ccc7ccccc76)c5)cc(-c5ccc6c(ccc7ccccc76)c5)c4n3)cc2)c1. The molecule has 8 aromatic carbocycles. The van der Waals surface area contributed by atoms with E-state index in [-0.39, 0.29) is 0 Å². The average Bonchev–Trinajstić information content (AvgIpc) is 3.62. The van der Waals surface area contributed by atoms with E-state index >= 15 is 0 Å². The minimum Gasteiger partial charge on any atom is -0.264 e. The molecular weight excluding hydrogens is 597 g/mol. The summed E-state index contributed by atoms with van der Waals surface area (Å²) in [5.74, 6) is 0. The zero-order valence-electron chi connectivity index (χ0n) is 26.5. The fourth-order valence-electron chi connectivity index (χ4n) is 7.22. The van der Waals surface area contributed by atoms with E-state index in [0.29, 0.717) is 0 Å². The molecule has 2 heterocycles. The predicted octanol–water partition coefficient (Wildman–Crippen LogP) is 11.4. The summed E-state index contributed by atoms with van der Waals surface area (Å²) < 4.78 is 0. The maximum Gasteiger partial charge on any atom is 0.121 e. The first-order valence-corrected chi connectivity index (χ1v) is 16.5. The second-order valence-corrected chi connectivity index (χ2v) is 12.6. The van der Waals surface area contributed by atoms with Gasteiger partial charge in [-0.1, -0.05) is 115 Å². The molecule has 49 heavy (non-hydrogen) atoms. The lowest BCUT2D eigenvalue weighted by molar-refractivity contribution is 0.766. The first-order chi connectivity index (χ1) is 24.2. The number of aromatic nitrogens is 4. The fourth-order valence-corrected chi connectivity index (χ4v) is 7.22. The molecule has 0 unspecified atom stereocenters. The number of benzene rings is 8. The van der Waals surface area contributed by atoms with Gasteiger partial charge in [0.2, 0.25) is 0 Å². The van der Waals surface area contributed by atoms with Gasteiger partial charge in [-0.05, 0) is 113 Å². The summed E-state index contributed by atoms with van der Waals surface area (Å²) in [5.41, 5.74) is 9.21. The van der Waals surface area contributed by atoms with Crippen LogP contribution in [0, 0.1) is 0 Å². The topological polar surface area (TPSA) is 43.6 Å². The number of nitrogens with zero attached hydrogens (tertiary/aromatic N) is 4. The summed E-state index contributed by atoms with van der Waals surface area (Å²) in [6.45, 7) is 0. The minimum absolute atomic E-state index is 0.848. The van der Waals surface area contributed by atoms with E-state index in [4.69, 9.17) is 10.2 Å². The van der Waals surface area contributed by atoms with Crippen molar-refractivity contribution in [1.82, 2.24) is 20.0 Å². The quantitative estimate of drug-likeness (QED) is 0.183. The molecule has 0 aliphatic heterocycles. The Morgan fingerprint density at radius 3 is 1.69 bits per heavy atom. The Balaban J connectivity index is 1.15. The van der Waals surface area contributed by atoms with E-state index in [9.17, 15) is 0 Å². The van der Waals surface area contributed by atoms with Crippen LogP contribution in [-0.4, -0.2) is 20.0 Å². The maximum atomic E-state index is 5.10. The van der Waals surface area contributed by atoms with Gasteiger partial charge >= 0.3 is 0 Å². The monoisotopic (exact) mass is 624 g/mol. The van der Waals surface area contributed by atoms with Crippen molar-refractivity contribution in [2.45, 2.75) is 0 Å². The van der Waals surface area contributed by atoms with Crippen LogP contribution >= 0.6 is 0 Å². The minimum atomic E-state index is 0.848. The molecule has 0 bridgehead atoms. The molecule has 0 saturated carbocycles. The summed E-state index contributed by atoms with van der Waals surface area (Å²) in [6, 6.07) is 56.3. The molecule has 4 nitrogen and oxygen atoms in total. The van der Waals surface area contributed by atoms with Gasteiger partial charge in [0.05, 0.1) is 5.69 Å². The molecule has 0 radical (unpaired) electrons. The molecule has 0 atom stereocenters. The van der Waals surface area contributed by atoms with Crippen molar-refractivity contribution >= 4 is 54.1 Å². The standard InChI is InChI=1S/C45H28N4/c1-3-9-39-30(6-1)11-13-33-24-32(17-21-41(33)39)37-26-43(35-18-22-42-34(25-35)14-12-31-7-2-4-10-40(31)42)45-44(27-37)47-49(48-45)38-19-15-29(16-20-38)36-8-5-23-46-28-36/h1-28H. The van der Waals surface area contributed by atoms with Crippen molar-refractivity contribution in [2.24, 2.45) is 0 Å². The van der Waals surface area contributed by atoms with Crippen molar-refractivity contribution in [3.05, 3.63) is 170 Å². The highest BCUT2D eigenvalue weighted by Crippen LogP contribution is 2.37. The van der Waals surface area contributed by atoms with Crippen molar-refractivity contribution in [3.63, 3.8) is 0 Å². The van der Waals surface area contributed by atoms with Gasteiger partial charge in [-0.25, -0.2) is 0 Å². The first-order valence-electron chi connectivity index (χ1n) is 16.5. The molecule has 4 heteroatoms. The Morgan fingerprint density at radius 1 is 0.388 bits per heavy atom. The van der Waals surface area contributed by atoms with Crippen LogP contribution < -0.4 is 0 Å². The number of hydrogen-bond donors (Lipinski definition) is 0. The van der Waals surface area contributed by atoms with E-state index in [1.807, 2.05) is 12.3 Å². The molecule has 0 N–H and O–H groups in total. The summed E-state index contributed by atoms with van der Waals surface area (Å²) >= 11 is 0. The Morgan fingerprint density at radius 2 is 1.00 bits per heavy atom. The van der Waals surface area contributed by atoms with Crippen molar-refractivity contribution < 1.29 is 0 Å². The van der Waals surface area contributed by atoms with E-state index < -0.39 is 0 Å². The van der Waals surface area contributed by atoms with E-state index in [0.717, 1.165) is 50.1 Å². The number of rotatable bonds is 4. The largest absolute Gasteiger partial charge is 0.264 e. The molecule has 228 valence electrons. The third-order valence-electron chi connectivity index (χ3n) is 9.71. The molecule has 0 fully saturated rings. The van der Waals surface area contributed by atoms with Crippen molar-refractivity contribution in [2.75, 3.05) is 0 Å². The van der Waals surface area contributed by atoms with Gasteiger partial charge in [-0.15, -0.1) is 10.2 Å². The van der Waals surface area contributed by atoms with Crippen LogP contribution in [0.15, 0.2) is 170 Å². The summed E-state index contributed by atoms with van der Waals surface area (Å²) in [5, 5.41) is 20.1. The molecule has 0 spiro atoms. The third-order valence-corrected chi connectivity index (χ3v) is 9.71. The normalized spacial score (nSPS) is 11.7. The van der Waals surface area contributed by atoms with Crippen LogP contribution in [0.4, 0.5) is 0 Å². The Bertz CT molecular complexity index is 2870. The Labute approximate surface area is 282 Å².